The fourth-order valence-corrected chi connectivity index (χ4v) is 3.77. The van der Waals surface area contributed by atoms with Gasteiger partial charge in [-0.3, -0.25) is 4.79 Å². The van der Waals surface area contributed by atoms with Crippen molar-refractivity contribution in [2.75, 3.05) is 27.4 Å². The summed E-state index contributed by atoms with van der Waals surface area (Å²) in [7, 11) is 3.25. The van der Waals surface area contributed by atoms with Gasteiger partial charge in [-0.1, -0.05) is 12.1 Å². The maximum Gasteiger partial charge on any atom is 0.267 e. The van der Waals surface area contributed by atoms with Crippen molar-refractivity contribution in [2.24, 2.45) is 0 Å². The lowest BCUT2D eigenvalue weighted by atomic mass is 9.92. The minimum Gasteiger partial charge on any atom is -0.493 e. The first-order chi connectivity index (χ1) is 13.1. The van der Waals surface area contributed by atoms with E-state index in [9.17, 15) is 4.79 Å². The molecule has 27 heavy (non-hydrogen) atoms. The zero-order chi connectivity index (χ0) is 19.0. The van der Waals surface area contributed by atoms with Gasteiger partial charge >= 0.3 is 0 Å². The molecule has 0 unspecified atom stereocenters. The normalized spacial score (nSPS) is 20.6. The van der Waals surface area contributed by atoms with Gasteiger partial charge in [0.25, 0.3) is 5.91 Å². The lowest BCUT2D eigenvalue weighted by Crippen LogP contribution is -2.49. The van der Waals surface area contributed by atoms with E-state index in [-0.39, 0.29) is 18.6 Å². The SMILES string of the molecule is COc1cc2c(cc1OC)[C@@H](C)N(C(=O)[C@@H]1COc3ccccc3O1)CC2. The minimum atomic E-state index is -0.635. The van der Waals surface area contributed by atoms with Crippen LogP contribution in [0.5, 0.6) is 23.0 Å². The number of carbonyl (C=O) groups excluding carboxylic acids is 1. The van der Waals surface area contributed by atoms with E-state index in [1.807, 2.05) is 48.2 Å². The average Bonchev–Trinajstić information content (AvgIpc) is 2.72. The summed E-state index contributed by atoms with van der Waals surface area (Å²) in [6, 6.07) is 11.3. The molecule has 0 aromatic heterocycles. The highest BCUT2D eigenvalue weighted by atomic mass is 16.6. The van der Waals surface area contributed by atoms with E-state index in [4.69, 9.17) is 18.9 Å². The van der Waals surface area contributed by atoms with E-state index in [0.717, 1.165) is 12.0 Å². The summed E-state index contributed by atoms with van der Waals surface area (Å²) in [5.41, 5.74) is 2.25. The molecule has 0 N–H and O–H groups in total. The molecule has 2 atom stereocenters. The Hall–Kier alpha value is -2.89. The number of rotatable bonds is 3. The Morgan fingerprint density at radius 3 is 2.56 bits per heavy atom. The second kappa shape index (κ2) is 7.02. The van der Waals surface area contributed by atoms with E-state index in [1.54, 1.807) is 14.2 Å². The molecule has 4 rings (SSSR count). The molecule has 0 saturated carbocycles. The Bertz CT molecular complexity index is 866. The third-order valence-corrected chi connectivity index (χ3v) is 5.25. The first kappa shape index (κ1) is 17.5. The predicted molar refractivity (Wildman–Crippen MR) is 99.7 cm³/mol. The van der Waals surface area contributed by atoms with Gasteiger partial charge < -0.3 is 23.8 Å². The van der Waals surface area contributed by atoms with Gasteiger partial charge in [0.1, 0.15) is 6.61 Å². The Labute approximate surface area is 158 Å². The molecule has 0 radical (unpaired) electrons. The van der Waals surface area contributed by atoms with Gasteiger partial charge in [0.15, 0.2) is 23.0 Å². The summed E-state index contributed by atoms with van der Waals surface area (Å²) < 4.78 is 22.4. The average molecular weight is 369 g/mol. The monoisotopic (exact) mass is 369 g/mol. The predicted octanol–water partition coefficient (Wildman–Crippen LogP) is 2.99. The van der Waals surface area contributed by atoms with Crippen molar-refractivity contribution in [3.8, 4) is 23.0 Å². The van der Waals surface area contributed by atoms with Crippen molar-refractivity contribution in [2.45, 2.75) is 25.5 Å². The largest absolute Gasteiger partial charge is 0.493 e. The fourth-order valence-electron chi connectivity index (χ4n) is 3.77. The van der Waals surface area contributed by atoms with E-state index in [2.05, 4.69) is 0 Å². The van der Waals surface area contributed by atoms with Gasteiger partial charge in [0, 0.05) is 6.54 Å². The molecule has 0 bridgehead atoms. The van der Waals surface area contributed by atoms with Crippen molar-refractivity contribution in [3.63, 3.8) is 0 Å². The van der Waals surface area contributed by atoms with Crippen LogP contribution in [0.25, 0.3) is 0 Å². The number of carbonyl (C=O) groups is 1. The van der Waals surface area contributed by atoms with Crippen LogP contribution in [0.15, 0.2) is 36.4 Å². The van der Waals surface area contributed by atoms with Crippen LogP contribution < -0.4 is 18.9 Å². The van der Waals surface area contributed by atoms with Crippen LogP contribution in [-0.2, 0) is 11.2 Å². The highest BCUT2D eigenvalue weighted by Crippen LogP contribution is 2.39. The second-order valence-corrected chi connectivity index (χ2v) is 6.73. The molecule has 6 nitrogen and oxygen atoms in total. The van der Waals surface area contributed by atoms with Crippen molar-refractivity contribution in [1.82, 2.24) is 4.90 Å². The third kappa shape index (κ3) is 3.05. The quantitative estimate of drug-likeness (QED) is 0.833. The molecule has 0 fully saturated rings. The molecular weight excluding hydrogens is 346 g/mol. The van der Waals surface area contributed by atoms with Gasteiger partial charge in [-0.25, -0.2) is 0 Å². The molecule has 2 aliphatic heterocycles. The van der Waals surface area contributed by atoms with Crippen LogP contribution >= 0.6 is 0 Å². The standard InChI is InChI=1S/C21H23NO5/c1-13-15-11-19(25-3)18(24-2)10-14(15)8-9-22(13)21(23)20-12-26-16-6-4-5-7-17(16)27-20/h4-7,10-11,13,20H,8-9,12H2,1-3H3/t13-,20+/m1/s1. The first-order valence-electron chi connectivity index (χ1n) is 9.06. The number of hydrogen-bond acceptors (Lipinski definition) is 5. The first-order valence-corrected chi connectivity index (χ1v) is 9.06. The van der Waals surface area contributed by atoms with Crippen LogP contribution in [0, 0.1) is 0 Å². The van der Waals surface area contributed by atoms with E-state index >= 15 is 0 Å². The number of fused-ring (bicyclic) bond motifs is 2. The van der Waals surface area contributed by atoms with Gasteiger partial charge in [-0.05, 0) is 48.7 Å². The molecule has 2 heterocycles. The summed E-state index contributed by atoms with van der Waals surface area (Å²) >= 11 is 0. The summed E-state index contributed by atoms with van der Waals surface area (Å²) in [6.45, 7) is 2.88. The molecular formula is C21H23NO5. The summed E-state index contributed by atoms with van der Waals surface area (Å²) in [6.07, 6.45) is 0.125. The van der Waals surface area contributed by atoms with Gasteiger partial charge in [-0.2, -0.15) is 0 Å². The molecule has 142 valence electrons. The van der Waals surface area contributed by atoms with Crippen molar-refractivity contribution >= 4 is 5.91 Å². The summed E-state index contributed by atoms with van der Waals surface area (Å²) in [4.78, 5) is 15.0. The molecule has 2 aliphatic rings. The van der Waals surface area contributed by atoms with Gasteiger partial charge in [0.2, 0.25) is 6.10 Å². The highest BCUT2D eigenvalue weighted by molar-refractivity contribution is 5.82. The maximum absolute atomic E-state index is 13.1. The lowest BCUT2D eigenvalue weighted by molar-refractivity contribution is -0.143. The maximum atomic E-state index is 13.1. The summed E-state index contributed by atoms with van der Waals surface area (Å²) in [5, 5.41) is 0. The number of hydrogen-bond donors (Lipinski definition) is 0. The van der Waals surface area contributed by atoms with Crippen LogP contribution in [0.4, 0.5) is 0 Å². The van der Waals surface area contributed by atoms with Crippen LogP contribution in [0.3, 0.4) is 0 Å². The van der Waals surface area contributed by atoms with Crippen LogP contribution in [0.1, 0.15) is 24.1 Å². The van der Waals surface area contributed by atoms with Crippen molar-refractivity contribution in [3.05, 3.63) is 47.5 Å². The summed E-state index contributed by atoms with van der Waals surface area (Å²) in [5.74, 6) is 2.61. The third-order valence-electron chi connectivity index (χ3n) is 5.25. The van der Waals surface area contributed by atoms with Gasteiger partial charge in [-0.15, -0.1) is 0 Å². The Morgan fingerprint density at radius 2 is 1.81 bits per heavy atom. The number of para-hydroxylation sites is 2. The fraction of sp³-hybridized carbons (Fsp3) is 0.381. The van der Waals surface area contributed by atoms with E-state index in [0.29, 0.717) is 29.5 Å². The van der Waals surface area contributed by atoms with Gasteiger partial charge in [0.05, 0.1) is 20.3 Å². The van der Waals surface area contributed by atoms with Crippen molar-refractivity contribution < 1.29 is 23.7 Å². The molecule has 6 heteroatoms. The smallest absolute Gasteiger partial charge is 0.267 e. The molecule has 0 spiro atoms. The Kier molecular flexibility index (Phi) is 4.56. The number of ether oxygens (including phenoxy) is 4. The molecule has 2 aromatic carbocycles. The minimum absolute atomic E-state index is 0.0579. The Balaban J connectivity index is 1.57. The van der Waals surface area contributed by atoms with E-state index < -0.39 is 6.10 Å². The van der Waals surface area contributed by atoms with Crippen LogP contribution in [-0.4, -0.2) is 44.3 Å². The zero-order valence-electron chi connectivity index (χ0n) is 15.7. The molecule has 0 saturated heterocycles. The lowest BCUT2D eigenvalue weighted by Gasteiger charge is -2.38. The number of nitrogens with zero attached hydrogens (tertiary/aromatic N) is 1. The highest BCUT2D eigenvalue weighted by Gasteiger charge is 2.36. The van der Waals surface area contributed by atoms with Crippen LogP contribution in [0.2, 0.25) is 0 Å². The zero-order valence-corrected chi connectivity index (χ0v) is 15.7. The Morgan fingerprint density at radius 1 is 1.11 bits per heavy atom. The van der Waals surface area contributed by atoms with E-state index in [1.165, 1.54) is 5.56 Å². The molecule has 0 aliphatic carbocycles. The number of methoxy groups -OCH3 is 2. The topological polar surface area (TPSA) is 57.2 Å². The number of amides is 1. The number of benzene rings is 2. The van der Waals surface area contributed by atoms with Crippen molar-refractivity contribution in [1.29, 1.82) is 0 Å². The molecule has 1 amide bonds. The molecule has 2 aromatic rings. The second-order valence-electron chi connectivity index (χ2n) is 6.73.